The fourth-order valence-corrected chi connectivity index (χ4v) is 2.14. The van der Waals surface area contributed by atoms with Crippen molar-refractivity contribution in [3.05, 3.63) is 64.8 Å². The van der Waals surface area contributed by atoms with Crippen LogP contribution in [-0.4, -0.2) is 21.1 Å². The number of hydrogen-bond acceptors (Lipinski definition) is 4. The molecule has 0 saturated carbocycles. The van der Waals surface area contributed by atoms with Crippen LogP contribution >= 0.6 is 12.2 Å². The van der Waals surface area contributed by atoms with Gasteiger partial charge in [0.05, 0.1) is 12.5 Å². The summed E-state index contributed by atoms with van der Waals surface area (Å²) in [6, 6.07) is 13.5. The Hall–Kier alpha value is -2.73. The maximum absolute atomic E-state index is 5.27. The highest BCUT2D eigenvalue weighted by molar-refractivity contribution is 7.71. The molecule has 2 aromatic heterocycles. The number of aromatic nitrogens is 3. The van der Waals surface area contributed by atoms with Crippen molar-refractivity contribution in [3.63, 3.8) is 0 Å². The number of furan rings is 1. The van der Waals surface area contributed by atoms with Crippen molar-refractivity contribution in [1.29, 1.82) is 0 Å². The first-order valence-electron chi connectivity index (χ1n) is 6.73. The molecule has 22 heavy (non-hydrogen) atoms. The van der Waals surface area contributed by atoms with Crippen LogP contribution in [0.25, 0.3) is 17.5 Å². The highest BCUT2D eigenvalue weighted by atomic mass is 32.1. The molecule has 0 aliphatic carbocycles. The largest absolute Gasteiger partial charge is 0.465 e. The Labute approximate surface area is 132 Å². The van der Waals surface area contributed by atoms with E-state index in [0.717, 1.165) is 16.9 Å². The zero-order chi connectivity index (χ0) is 15.4. The monoisotopic (exact) mass is 310 g/mol. The maximum atomic E-state index is 5.27. The van der Waals surface area contributed by atoms with Crippen molar-refractivity contribution in [2.75, 3.05) is 0 Å². The summed E-state index contributed by atoms with van der Waals surface area (Å²) in [5.41, 5.74) is 1.89. The normalized spacial score (nSPS) is 12.1. The first kappa shape index (κ1) is 14.2. The van der Waals surface area contributed by atoms with Crippen molar-refractivity contribution in [2.24, 2.45) is 5.10 Å². The van der Waals surface area contributed by atoms with Crippen LogP contribution in [0, 0.1) is 4.77 Å². The lowest BCUT2D eigenvalue weighted by molar-refractivity contribution is 0.557. The summed E-state index contributed by atoms with van der Waals surface area (Å²) < 4.78 is 7.32. The molecule has 6 heteroatoms. The van der Waals surface area contributed by atoms with Gasteiger partial charge < -0.3 is 4.42 Å². The molecule has 0 spiro atoms. The average molecular weight is 310 g/mol. The van der Waals surface area contributed by atoms with E-state index >= 15 is 0 Å². The molecule has 0 radical (unpaired) electrons. The zero-order valence-corrected chi connectivity index (χ0v) is 12.7. The molecule has 1 aromatic carbocycles. The van der Waals surface area contributed by atoms with E-state index in [1.54, 1.807) is 17.2 Å². The summed E-state index contributed by atoms with van der Waals surface area (Å²) >= 11 is 5.23. The molecule has 0 aliphatic rings. The van der Waals surface area contributed by atoms with Crippen molar-refractivity contribution in [1.82, 2.24) is 14.9 Å². The predicted molar refractivity (Wildman–Crippen MR) is 89.1 cm³/mol. The lowest BCUT2D eigenvalue weighted by atomic mass is 10.2. The van der Waals surface area contributed by atoms with Crippen LogP contribution in [0.5, 0.6) is 0 Å². The zero-order valence-electron chi connectivity index (χ0n) is 11.9. The second-order valence-corrected chi connectivity index (χ2v) is 5.07. The van der Waals surface area contributed by atoms with Gasteiger partial charge >= 0.3 is 0 Å². The van der Waals surface area contributed by atoms with Crippen molar-refractivity contribution in [2.45, 2.75) is 6.92 Å². The van der Waals surface area contributed by atoms with Gasteiger partial charge in [0.15, 0.2) is 5.82 Å². The van der Waals surface area contributed by atoms with Crippen LogP contribution in [-0.2, 0) is 0 Å². The van der Waals surface area contributed by atoms with E-state index in [1.807, 2.05) is 55.5 Å². The van der Waals surface area contributed by atoms with E-state index in [-0.39, 0.29) is 0 Å². The second kappa shape index (κ2) is 6.36. The van der Waals surface area contributed by atoms with E-state index in [4.69, 9.17) is 16.6 Å². The van der Waals surface area contributed by atoms with E-state index in [9.17, 15) is 0 Å². The highest BCUT2D eigenvalue weighted by Gasteiger charge is 2.06. The third-order valence-electron chi connectivity index (χ3n) is 2.97. The molecule has 2 heterocycles. The molecule has 0 bridgehead atoms. The van der Waals surface area contributed by atoms with Gasteiger partial charge in [-0.15, -0.1) is 0 Å². The number of allylic oxidation sites excluding steroid dienone is 1. The molecular weight excluding hydrogens is 296 g/mol. The Bertz CT molecular complexity index is 857. The Morgan fingerprint density at radius 1 is 1.27 bits per heavy atom. The molecule has 1 N–H and O–H groups in total. The third kappa shape index (κ3) is 3.12. The molecule has 3 rings (SSSR count). The molecule has 5 nitrogen and oxygen atoms in total. The van der Waals surface area contributed by atoms with Crippen LogP contribution in [0.3, 0.4) is 0 Å². The summed E-state index contributed by atoms with van der Waals surface area (Å²) in [7, 11) is 0. The Morgan fingerprint density at radius 2 is 2.09 bits per heavy atom. The molecule has 0 atom stereocenters. The van der Waals surface area contributed by atoms with Crippen molar-refractivity contribution < 1.29 is 4.42 Å². The lowest BCUT2D eigenvalue weighted by Crippen LogP contribution is -1.94. The average Bonchev–Trinajstić information content (AvgIpc) is 3.16. The Balaban J connectivity index is 1.91. The quantitative estimate of drug-likeness (QED) is 0.582. The SMILES string of the molecule is CC(=Cc1ccco1)/C=N\n1c(-c2ccccc2)n[nH]c1=S. The van der Waals surface area contributed by atoms with Gasteiger partial charge in [0.1, 0.15) is 5.76 Å². The number of nitrogens with one attached hydrogen (secondary N) is 1. The first-order valence-corrected chi connectivity index (χ1v) is 7.14. The standard InChI is InChI=1S/C16H14N4OS/c1-12(10-14-8-5-9-21-14)11-17-20-15(18-19-16(20)22)13-6-3-2-4-7-13/h2-11H,1H3,(H,19,22)/b12-10?,17-11-. The number of aromatic amines is 1. The smallest absolute Gasteiger partial charge is 0.216 e. The number of nitrogens with zero attached hydrogens (tertiary/aromatic N) is 3. The summed E-state index contributed by atoms with van der Waals surface area (Å²) in [4.78, 5) is 0. The van der Waals surface area contributed by atoms with Crippen LogP contribution in [0.2, 0.25) is 0 Å². The second-order valence-electron chi connectivity index (χ2n) is 4.68. The summed E-state index contributed by atoms with van der Waals surface area (Å²) in [6.07, 6.45) is 5.26. The van der Waals surface area contributed by atoms with Gasteiger partial charge in [-0.1, -0.05) is 30.3 Å². The first-order chi connectivity index (χ1) is 10.7. The molecule has 0 amide bonds. The fraction of sp³-hybridized carbons (Fsp3) is 0.0625. The van der Waals surface area contributed by atoms with Gasteiger partial charge in [0.25, 0.3) is 0 Å². The molecule has 0 fully saturated rings. The van der Waals surface area contributed by atoms with E-state index in [2.05, 4.69) is 15.3 Å². The maximum Gasteiger partial charge on any atom is 0.216 e. The van der Waals surface area contributed by atoms with Gasteiger partial charge in [0.2, 0.25) is 4.77 Å². The van der Waals surface area contributed by atoms with E-state index in [1.165, 1.54) is 0 Å². The summed E-state index contributed by atoms with van der Waals surface area (Å²) in [5, 5.41) is 11.4. The van der Waals surface area contributed by atoms with E-state index in [0.29, 0.717) is 10.6 Å². The van der Waals surface area contributed by atoms with Gasteiger partial charge in [-0.3, -0.25) is 0 Å². The summed E-state index contributed by atoms with van der Waals surface area (Å²) in [6.45, 7) is 1.94. The van der Waals surface area contributed by atoms with Gasteiger partial charge in [0, 0.05) is 5.56 Å². The molecule has 0 unspecified atom stereocenters. The Morgan fingerprint density at radius 3 is 2.82 bits per heavy atom. The highest BCUT2D eigenvalue weighted by Crippen LogP contribution is 2.16. The fourth-order valence-electron chi connectivity index (χ4n) is 1.96. The van der Waals surface area contributed by atoms with Crippen molar-refractivity contribution in [3.8, 4) is 11.4 Å². The molecule has 3 aromatic rings. The molecular formula is C16H14N4OS. The van der Waals surface area contributed by atoms with Crippen LogP contribution < -0.4 is 0 Å². The molecule has 0 saturated heterocycles. The number of rotatable bonds is 4. The van der Waals surface area contributed by atoms with Gasteiger partial charge in [-0.25, -0.2) is 5.10 Å². The number of benzene rings is 1. The number of hydrogen-bond donors (Lipinski definition) is 1. The molecule has 0 aliphatic heterocycles. The predicted octanol–water partition coefficient (Wildman–Crippen LogP) is 4.14. The van der Waals surface area contributed by atoms with E-state index < -0.39 is 0 Å². The van der Waals surface area contributed by atoms with Gasteiger partial charge in [-0.05, 0) is 42.9 Å². The minimum atomic E-state index is 0.445. The summed E-state index contributed by atoms with van der Waals surface area (Å²) in [5.74, 6) is 1.45. The van der Waals surface area contributed by atoms with Crippen LogP contribution in [0.1, 0.15) is 12.7 Å². The minimum absolute atomic E-state index is 0.445. The number of H-pyrrole nitrogens is 1. The molecule has 110 valence electrons. The third-order valence-corrected chi connectivity index (χ3v) is 3.24. The minimum Gasteiger partial charge on any atom is -0.465 e. The topological polar surface area (TPSA) is 59.1 Å². The Kier molecular flexibility index (Phi) is 4.11. The van der Waals surface area contributed by atoms with Crippen molar-refractivity contribution >= 4 is 24.5 Å². The van der Waals surface area contributed by atoms with Gasteiger partial charge in [-0.2, -0.15) is 14.9 Å². The van der Waals surface area contributed by atoms with Crippen LogP contribution in [0.15, 0.2) is 63.8 Å². The van der Waals surface area contributed by atoms with Crippen LogP contribution in [0.4, 0.5) is 0 Å². The lowest BCUT2D eigenvalue weighted by Gasteiger charge is -2.00.